The highest BCUT2D eigenvalue weighted by Gasteiger charge is 2.10. The minimum atomic E-state index is -0.291. The van der Waals surface area contributed by atoms with E-state index >= 15 is 0 Å². The number of rotatable bonds is 8. The van der Waals surface area contributed by atoms with Gasteiger partial charge in [-0.2, -0.15) is 0 Å². The molecule has 2 amide bonds. The quantitative estimate of drug-likeness (QED) is 0.737. The van der Waals surface area contributed by atoms with Gasteiger partial charge in [-0.3, -0.25) is 9.59 Å². The fourth-order valence-electron chi connectivity index (χ4n) is 2.57. The summed E-state index contributed by atoms with van der Waals surface area (Å²) in [6.07, 6.45) is 0.984. The first-order chi connectivity index (χ1) is 12.9. The number of carbonyl (C=O) groups is 2. The third-order valence-electron chi connectivity index (χ3n) is 4.24. The molecule has 0 unspecified atom stereocenters. The normalized spacial score (nSPS) is 10.6. The second kappa shape index (κ2) is 9.76. The van der Waals surface area contributed by atoms with Crippen LogP contribution in [-0.2, 0) is 4.79 Å². The lowest BCUT2D eigenvalue weighted by Crippen LogP contribution is -2.33. The number of carbonyl (C=O) groups excluding carboxylic acids is 2. The topological polar surface area (TPSA) is 67.4 Å². The summed E-state index contributed by atoms with van der Waals surface area (Å²) in [5, 5.41) is 5.50. The standard InChI is InChI=1S/C22H28N2O3/c1-15(2)12-13-27-19-10-8-18(9-11-19)22(26)23-14-20(25)24-21-16(3)6-5-7-17(21)4/h5-11,15H,12-14H2,1-4H3,(H,23,26)(H,24,25). The molecular weight excluding hydrogens is 340 g/mol. The van der Waals surface area contributed by atoms with Crippen molar-refractivity contribution < 1.29 is 14.3 Å². The molecule has 0 aliphatic rings. The highest BCUT2D eigenvalue weighted by molar-refractivity contribution is 5.99. The predicted molar refractivity (Wildman–Crippen MR) is 108 cm³/mol. The number of amides is 2. The largest absolute Gasteiger partial charge is 0.494 e. The summed E-state index contributed by atoms with van der Waals surface area (Å²) in [6, 6.07) is 12.8. The average molecular weight is 368 g/mol. The van der Waals surface area contributed by atoms with Crippen LogP contribution >= 0.6 is 0 Å². The summed E-state index contributed by atoms with van der Waals surface area (Å²) in [5.41, 5.74) is 3.26. The molecule has 0 aromatic heterocycles. The molecule has 2 aromatic rings. The van der Waals surface area contributed by atoms with E-state index in [0.29, 0.717) is 18.1 Å². The third kappa shape index (κ3) is 6.44. The van der Waals surface area contributed by atoms with E-state index in [1.165, 1.54) is 0 Å². The van der Waals surface area contributed by atoms with Crippen LogP contribution in [0.2, 0.25) is 0 Å². The van der Waals surface area contributed by atoms with Gasteiger partial charge in [0, 0.05) is 11.3 Å². The Bertz CT molecular complexity index is 762. The van der Waals surface area contributed by atoms with Gasteiger partial charge in [-0.1, -0.05) is 32.0 Å². The van der Waals surface area contributed by atoms with Gasteiger partial charge in [-0.15, -0.1) is 0 Å². The lowest BCUT2D eigenvalue weighted by Gasteiger charge is -2.12. The SMILES string of the molecule is Cc1cccc(C)c1NC(=O)CNC(=O)c1ccc(OCCC(C)C)cc1. The summed E-state index contributed by atoms with van der Waals surface area (Å²) in [5.74, 6) is 0.777. The fraction of sp³-hybridized carbons (Fsp3) is 0.364. The molecule has 0 atom stereocenters. The first kappa shape index (κ1) is 20.5. The molecule has 0 aliphatic carbocycles. The highest BCUT2D eigenvalue weighted by Crippen LogP contribution is 2.19. The van der Waals surface area contributed by atoms with Gasteiger partial charge in [0.05, 0.1) is 13.2 Å². The van der Waals surface area contributed by atoms with Crippen LogP contribution in [0, 0.1) is 19.8 Å². The van der Waals surface area contributed by atoms with E-state index in [4.69, 9.17) is 4.74 Å². The first-order valence-electron chi connectivity index (χ1n) is 9.24. The molecule has 144 valence electrons. The van der Waals surface area contributed by atoms with E-state index in [1.54, 1.807) is 24.3 Å². The smallest absolute Gasteiger partial charge is 0.251 e. The molecule has 5 heteroatoms. The number of anilines is 1. The number of para-hydroxylation sites is 1. The van der Waals surface area contributed by atoms with E-state index in [2.05, 4.69) is 24.5 Å². The zero-order chi connectivity index (χ0) is 19.8. The van der Waals surface area contributed by atoms with E-state index in [1.807, 2.05) is 32.0 Å². The minimum absolute atomic E-state index is 0.0841. The zero-order valence-corrected chi connectivity index (χ0v) is 16.5. The number of nitrogens with one attached hydrogen (secondary N) is 2. The van der Waals surface area contributed by atoms with E-state index < -0.39 is 0 Å². The van der Waals surface area contributed by atoms with E-state index in [-0.39, 0.29) is 18.4 Å². The zero-order valence-electron chi connectivity index (χ0n) is 16.5. The fourth-order valence-corrected chi connectivity index (χ4v) is 2.57. The Morgan fingerprint density at radius 1 is 1.00 bits per heavy atom. The van der Waals surface area contributed by atoms with Crippen molar-refractivity contribution in [3.8, 4) is 5.75 Å². The summed E-state index contributed by atoms with van der Waals surface area (Å²) < 4.78 is 5.64. The van der Waals surface area contributed by atoms with Gasteiger partial charge in [-0.25, -0.2) is 0 Å². The lowest BCUT2D eigenvalue weighted by atomic mass is 10.1. The Balaban J connectivity index is 1.83. The Hall–Kier alpha value is -2.82. The van der Waals surface area contributed by atoms with Crippen LogP contribution in [0.1, 0.15) is 41.8 Å². The number of hydrogen-bond acceptors (Lipinski definition) is 3. The molecule has 27 heavy (non-hydrogen) atoms. The molecule has 2 aromatic carbocycles. The highest BCUT2D eigenvalue weighted by atomic mass is 16.5. The molecule has 2 N–H and O–H groups in total. The molecule has 0 saturated heterocycles. The maximum absolute atomic E-state index is 12.2. The molecule has 0 heterocycles. The molecule has 0 bridgehead atoms. The van der Waals surface area contributed by atoms with Crippen LogP contribution in [0.5, 0.6) is 5.75 Å². The molecule has 2 rings (SSSR count). The van der Waals surface area contributed by atoms with Gasteiger partial charge >= 0.3 is 0 Å². The molecule has 0 spiro atoms. The van der Waals surface area contributed by atoms with Crippen molar-refractivity contribution in [3.05, 3.63) is 59.2 Å². The Morgan fingerprint density at radius 2 is 1.63 bits per heavy atom. The first-order valence-corrected chi connectivity index (χ1v) is 9.24. The number of hydrogen-bond donors (Lipinski definition) is 2. The van der Waals surface area contributed by atoms with Crippen molar-refractivity contribution in [1.82, 2.24) is 5.32 Å². The number of ether oxygens (including phenoxy) is 1. The van der Waals surface area contributed by atoms with Gasteiger partial charge in [0.1, 0.15) is 5.75 Å². The van der Waals surface area contributed by atoms with Crippen molar-refractivity contribution in [1.29, 1.82) is 0 Å². The van der Waals surface area contributed by atoms with Crippen LogP contribution in [0.25, 0.3) is 0 Å². The monoisotopic (exact) mass is 368 g/mol. The van der Waals surface area contributed by atoms with Crippen LogP contribution in [-0.4, -0.2) is 25.0 Å². The summed E-state index contributed by atoms with van der Waals surface area (Å²) in [6.45, 7) is 8.74. The maximum Gasteiger partial charge on any atom is 0.251 e. The minimum Gasteiger partial charge on any atom is -0.494 e. The Kier molecular flexibility index (Phi) is 7.41. The average Bonchev–Trinajstić information content (AvgIpc) is 2.63. The van der Waals surface area contributed by atoms with Crippen LogP contribution in [0.3, 0.4) is 0 Å². The number of benzene rings is 2. The third-order valence-corrected chi connectivity index (χ3v) is 4.24. The van der Waals surface area contributed by atoms with Gasteiger partial charge in [-0.05, 0) is 61.6 Å². The molecular formula is C22H28N2O3. The second-order valence-electron chi connectivity index (χ2n) is 7.05. The Labute approximate surface area is 161 Å². The van der Waals surface area contributed by atoms with Gasteiger partial charge in [0.2, 0.25) is 5.91 Å². The van der Waals surface area contributed by atoms with Crippen LogP contribution in [0.15, 0.2) is 42.5 Å². The number of aryl methyl sites for hydroxylation is 2. The van der Waals surface area contributed by atoms with Crippen LogP contribution < -0.4 is 15.4 Å². The second-order valence-corrected chi connectivity index (χ2v) is 7.05. The molecule has 0 fully saturated rings. The summed E-state index contributed by atoms with van der Waals surface area (Å²) >= 11 is 0. The van der Waals surface area contributed by atoms with Crippen LogP contribution in [0.4, 0.5) is 5.69 Å². The van der Waals surface area contributed by atoms with E-state index in [9.17, 15) is 9.59 Å². The molecule has 5 nitrogen and oxygen atoms in total. The van der Waals surface area contributed by atoms with Gasteiger partial charge in [0.15, 0.2) is 0 Å². The molecule has 0 aliphatic heterocycles. The van der Waals surface area contributed by atoms with Crippen molar-refractivity contribution in [2.75, 3.05) is 18.5 Å². The van der Waals surface area contributed by atoms with Crippen molar-refractivity contribution >= 4 is 17.5 Å². The van der Waals surface area contributed by atoms with Gasteiger partial charge < -0.3 is 15.4 Å². The van der Waals surface area contributed by atoms with Gasteiger partial charge in [0.25, 0.3) is 5.91 Å². The summed E-state index contributed by atoms with van der Waals surface area (Å²) in [7, 11) is 0. The van der Waals surface area contributed by atoms with Crippen molar-refractivity contribution in [2.24, 2.45) is 5.92 Å². The Morgan fingerprint density at radius 3 is 2.22 bits per heavy atom. The maximum atomic E-state index is 12.2. The van der Waals surface area contributed by atoms with Crippen molar-refractivity contribution in [2.45, 2.75) is 34.1 Å². The molecule has 0 radical (unpaired) electrons. The lowest BCUT2D eigenvalue weighted by molar-refractivity contribution is -0.115. The predicted octanol–water partition coefficient (Wildman–Crippen LogP) is 4.10. The molecule has 0 saturated carbocycles. The summed E-state index contributed by atoms with van der Waals surface area (Å²) in [4.78, 5) is 24.4. The van der Waals surface area contributed by atoms with E-state index in [0.717, 1.165) is 29.0 Å². The van der Waals surface area contributed by atoms with Crippen molar-refractivity contribution in [3.63, 3.8) is 0 Å².